The summed E-state index contributed by atoms with van der Waals surface area (Å²) in [5, 5.41) is 17.7. The van der Waals surface area contributed by atoms with Crippen LogP contribution in [0.4, 0.5) is 0 Å². The Labute approximate surface area is 149 Å². The van der Waals surface area contributed by atoms with Crippen molar-refractivity contribution in [2.75, 3.05) is 0 Å². The van der Waals surface area contributed by atoms with E-state index >= 15 is 0 Å². The number of aromatic nitrogens is 3. The van der Waals surface area contributed by atoms with Gasteiger partial charge in [0.05, 0.1) is 5.69 Å². The highest BCUT2D eigenvalue weighted by molar-refractivity contribution is 5.83. The van der Waals surface area contributed by atoms with Crippen molar-refractivity contribution >= 4 is 16.4 Å². The number of hydrogen-bond acceptors (Lipinski definition) is 4. The lowest BCUT2D eigenvalue weighted by molar-refractivity contribution is 0.567. The van der Waals surface area contributed by atoms with Crippen LogP contribution in [0.2, 0.25) is 0 Å². The van der Waals surface area contributed by atoms with Crippen LogP contribution in [-0.4, -0.2) is 14.6 Å². The summed E-state index contributed by atoms with van der Waals surface area (Å²) in [6, 6.07) is 18.2. The van der Waals surface area contributed by atoms with Crippen LogP contribution in [0.25, 0.3) is 16.4 Å². The number of H-pyrrole nitrogens is 1. The van der Waals surface area contributed by atoms with Gasteiger partial charge in [-0.1, -0.05) is 36.4 Å². The molecular formula is C20H17N5O. The highest BCUT2D eigenvalue weighted by Crippen LogP contribution is 2.20. The van der Waals surface area contributed by atoms with Gasteiger partial charge >= 0.3 is 0 Å². The first-order valence-electron chi connectivity index (χ1n) is 8.38. The van der Waals surface area contributed by atoms with E-state index in [0.717, 1.165) is 0 Å². The minimum Gasteiger partial charge on any atom is -0.305 e. The average molecular weight is 343 g/mol. The van der Waals surface area contributed by atoms with Gasteiger partial charge in [0.2, 0.25) is 0 Å². The van der Waals surface area contributed by atoms with Crippen molar-refractivity contribution < 1.29 is 0 Å². The van der Waals surface area contributed by atoms with Crippen LogP contribution in [0.1, 0.15) is 29.8 Å². The van der Waals surface area contributed by atoms with Gasteiger partial charge in [0.15, 0.2) is 5.65 Å². The second-order valence-electron chi connectivity index (χ2n) is 6.25. The van der Waals surface area contributed by atoms with E-state index in [1.54, 1.807) is 0 Å². The summed E-state index contributed by atoms with van der Waals surface area (Å²) in [6.45, 7) is 2.52. The molecular weight excluding hydrogens is 326 g/mol. The molecule has 6 nitrogen and oxygen atoms in total. The molecule has 2 aromatic carbocycles. The molecule has 1 atom stereocenters. The maximum absolute atomic E-state index is 12.1. The van der Waals surface area contributed by atoms with E-state index in [4.69, 9.17) is 5.26 Å². The quantitative estimate of drug-likeness (QED) is 0.596. The van der Waals surface area contributed by atoms with E-state index in [-0.39, 0.29) is 11.6 Å². The SMILES string of the molecule is CC(NCc1cc(=O)n2[nH]cc(C#N)c2n1)c1ccc2ccccc2c1. The Morgan fingerprint density at radius 1 is 1.23 bits per heavy atom. The zero-order valence-corrected chi connectivity index (χ0v) is 14.2. The van der Waals surface area contributed by atoms with Crippen LogP contribution in [0.15, 0.2) is 59.5 Å². The third-order valence-electron chi connectivity index (χ3n) is 4.53. The van der Waals surface area contributed by atoms with Gasteiger partial charge in [0, 0.05) is 24.8 Å². The maximum Gasteiger partial charge on any atom is 0.272 e. The maximum atomic E-state index is 12.1. The van der Waals surface area contributed by atoms with Crippen molar-refractivity contribution in [3.8, 4) is 6.07 Å². The summed E-state index contributed by atoms with van der Waals surface area (Å²) in [5.74, 6) is 0. The fourth-order valence-corrected chi connectivity index (χ4v) is 3.05. The van der Waals surface area contributed by atoms with Crippen LogP contribution in [-0.2, 0) is 6.54 Å². The number of nitrogens with zero attached hydrogens (tertiary/aromatic N) is 3. The normalized spacial score (nSPS) is 12.3. The van der Waals surface area contributed by atoms with Gasteiger partial charge in [-0.3, -0.25) is 9.89 Å². The van der Waals surface area contributed by atoms with Crippen LogP contribution >= 0.6 is 0 Å². The van der Waals surface area contributed by atoms with E-state index in [1.165, 1.54) is 33.1 Å². The molecule has 0 radical (unpaired) electrons. The Morgan fingerprint density at radius 3 is 2.85 bits per heavy atom. The topological polar surface area (TPSA) is 86.0 Å². The standard InChI is InChI=1S/C20H17N5O/c1-13(15-7-6-14-4-2-3-5-16(14)8-15)22-12-18-9-19(26)25-20(24-18)17(10-21)11-23-25/h2-9,11,13,22-23H,12H2,1H3. The van der Waals surface area contributed by atoms with Crippen molar-refractivity contribution in [1.29, 1.82) is 5.26 Å². The van der Waals surface area contributed by atoms with Crippen molar-refractivity contribution in [3.05, 3.63) is 81.9 Å². The van der Waals surface area contributed by atoms with Gasteiger partial charge in [0.1, 0.15) is 11.6 Å². The minimum absolute atomic E-state index is 0.0986. The number of fused-ring (bicyclic) bond motifs is 2. The predicted molar refractivity (Wildman–Crippen MR) is 99.7 cm³/mol. The lowest BCUT2D eigenvalue weighted by atomic mass is 10.0. The summed E-state index contributed by atoms with van der Waals surface area (Å²) >= 11 is 0. The summed E-state index contributed by atoms with van der Waals surface area (Å²) < 4.78 is 1.27. The zero-order chi connectivity index (χ0) is 18.1. The molecule has 0 spiro atoms. The Morgan fingerprint density at radius 2 is 2.04 bits per heavy atom. The first-order chi connectivity index (χ1) is 12.7. The lowest BCUT2D eigenvalue weighted by Crippen LogP contribution is -2.22. The highest BCUT2D eigenvalue weighted by Gasteiger charge is 2.10. The van der Waals surface area contributed by atoms with Gasteiger partial charge in [-0.05, 0) is 29.3 Å². The minimum atomic E-state index is -0.230. The van der Waals surface area contributed by atoms with E-state index < -0.39 is 0 Å². The molecule has 0 saturated carbocycles. The first kappa shape index (κ1) is 16.1. The van der Waals surface area contributed by atoms with Crippen LogP contribution < -0.4 is 10.9 Å². The summed E-state index contributed by atoms with van der Waals surface area (Å²) in [4.78, 5) is 16.6. The number of nitrogens with one attached hydrogen (secondary N) is 2. The number of rotatable bonds is 4. The molecule has 2 heterocycles. The summed E-state index contributed by atoms with van der Waals surface area (Å²) in [7, 11) is 0. The third-order valence-corrected chi connectivity index (χ3v) is 4.53. The Bertz CT molecular complexity index is 1200. The molecule has 2 N–H and O–H groups in total. The first-order valence-corrected chi connectivity index (χ1v) is 8.38. The van der Waals surface area contributed by atoms with E-state index in [0.29, 0.717) is 23.4 Å². The molecule has 0 aliphatic rings. The van der Waals surface area contributed by atoms with Gasteiger partial charge in [-0.15, -0.1) is 0 Å². The van der Waals surface area contributed by atoms with Gasteiger partial charge in [-0.25, -0.2) is 9.50 Å². The largest absolute Gasteiger partial charge is 0.305 e. The predicted octanol–water partition coefficient (Wildman–Crippen LogP) is 2.90. The van der Waals surface area contributed by atoms with Crippen LogP contribution in [0.5, 0.6) is 0 Å². The number of hydrogen-bond donors (Lipinski definition) is 2. The van der Waals surface area contributed by atoms with E-state index in [2.05, 4.69) is 52.7 Å². The molecule has 4 rings (SSSR count). The van der Waals surface area contributed by atoms with Gasteiger partial charge < -0.3 is 5.32 Å². The Kier molecular flexibility index (Phi) is 3.99. The average Bonchev–Trinajstić information content (AvgIpc) is 3.09. The number of benzene rings is 2. The zero-order valence-electron chi connectivity index (χ0n) is 14.2. The van der Waals surface area contributed by atoms with Crippen molar-refractivity contribution in [3.63, 3.8) is 0 Å². The molecule has 2 aromatic heterocycles. The lowest BCUT2D eigenvalue weighted by Gasteiger charge is -2.15. The molecule has 128 valence electrons. The third kappa shape index (κ3) is 2.85. The molecule has 0 fully saturated rings. The summed E-state index contributed by atoms with van der Waals surface area (Å²) in [5.41, 5.74) is 2.26. The second kappa shape index (κ2) is 6.47. The van der Waals surface area contributed by atoms with E-state index in [1.807, 2.05) is 18.2 Å². The molecule has 1 unspecified atom stereocenters. The number of nitriles is 1. The fraction of sp³-hybridized carbons (Fsp3) is 0.150. The highest BCUT2D eigenvalue weighted by atomic mass is 16.1. The molecule has 0 saturated heterocycles. The Balaban J connectivity index is 1.57. The molecule has 26 heavy (non-hydrogen) atoms. The van der Waals surface area contributed by atoms with Gasteiger partial charge in [-0.2, -0.15) is 5.26 Å². The molecule has 0 aliphatic heterocycles. The molecule has 0 amide bonds. The van der Waals surface area contributed by atoms with Crippen LogP contribution in [0, 0.1) is 11.3 Å². The molecule has 0 bridgehead atoms. The van der Waals surface area contributed by atoms with Crippen molar-refractivity contribution in [2.45, 2.75) is 19.5 Å². The molecule has 0 aliphatic carbocycles. The Hall–Kier alpha value is -3.43. The smallest absolute Gasteiger partial charge is 0.272 e. The molecule has 6 heteroatoms. The number of aromatic amines is 1. The summed E-state index contributed by atoms with van der Waals surface area (Å²) in [6.07, 6.45) is 1.48. The van der Waals surface area contributed by atoms with E-state index in [9.17, 15) is 4.79 Å². The molecule has 4 aromatic rings. The van der Waals surface area contributed by atoms with Crippen molar-refractivity contribution in [1.82, 2.24) is 19.9 Å². The van der Waals surface area contributed by atoms with Gasteiger partial charge in [0.25, 0.3) is 5.56 Å². The van der Waals surface area contributed by atoms with Crippen LogP contribution in [0.3, 0.4) is 0 Å². The fourth-order valence-electron chi connectivity index (χ4n) is 3.05. The second-order valence-corrected chi connectivity index (χ2v) is 6.25. The van der Waals surface area contributed by atoms with Crippen molar-refractivity contribution in [2.24, 2.45) is 0 Å². The monoisotopic (exact) mass is 343 g/mol.